The van der Waals surface area contributed by atoms with Crippen molar-refractivity contribution in [1.82, 2.24) is 0 Å². The normalized spacial score (nSPS) is 16.3. The van der Waals surface area contributed by atoms with Gasteiger partial charge in [-0.3, -0.25) is 9.69 Å². The first-order valence-electron chi connectivity index (χ1n) is 7.83. The minimum absolute atomic E-state index is 0.0309. The number of halogens is 2. The van der Waals surface area contributed by atoms with Gasteiger partial charge in [0, 0.05) is 20.9 Å². The standard InChI is InChI=1S/C20H14BrClN2O/c21-14-7-11-16(12-8-14)24-19(13-5-9-15(22)10-6-13)23-18-4-2-1-3-17(18)20(24)25/h1-12,19,23H. The van der Waals surface area contributed by atoms with Crippen molar-refractivity contribution in [3.63, 3.8) is 0 Å². The van der Waals surface area contributed by atoms with E-state index in [2.05, 4.69) is 21.2 Å². The summed E-state index contributed by atoms with van der Waals surface area (Å²) in [7, 11) is 0. The Kier molecular flexibility index (Phi) is 4.24. The molecule has 4 rings (SSSR count). The van der Waals surface area contributed by atoms with Crippen LogP contribution in [0.5, 0.6) is 0 Å². The summed E-state index contributed by atoms with van der Waals surface area (Å²) in [4.78, 5) is 15.0. The van der Waals surface area contributed by atoms with E-state index in [1.54, 1.807) is 4.90 Å². The van der Waals surface area contributed by atoms with Gasteiger partial charge in [-0.1, -0.05) is 51.8 Å². The monoisotopic (exact) mass is 412 g/mol. The van der Waals surface area contributed by atoms with Gasteiger partial charge in [-0.05, 0) is 54.1 Å². The van der Waals surface area contributed by atoms with Crippen LogP contribution in [0.25, 0.3) is 0 Å². The summed E-state index contributed by atoms with van der Waals surface area (Å²) in [5, 5.41) is 4.14. The maximum Gasteiger partial charge on any atom is 0.262 e. The van der Waals surface area contributed by atoms with Gasteiger partial charge in [0.25, 0.3) is 5.91 Å². The van der Waals surface area contributed by atoms with Crippen LogP contribution in [0.4, 0.5) is 11.4 Å². The first-order chi connectivity index (χ1) is 12.1. The molecule has 1 aliphatic heterocycles. The second-order valence-electron chi connectivity index (χ2n) is 5.80. The van der Waals surface area contributed by atoms with E-state index in [0.29, 0.717) is 10.6 Å². The third kappa shape index (κ3) is 3.03. The molecule has 0 saturated heterocycles. The van der Waals surface area contributed by atoms with Crippen LogP contribution < -0.4 is 10.2 Å². The molecule has 1 atom stereocenters. The molecule has 0 fully saturated rings. The summed E-state index contributed by atoms with van der Waals surface area (Å²) in [5.41, 5.74) is 3.29. The Hall–Kier alpha value is -2.30. The van der Waals surface area contributed by atoms with Crippen molar-refractivity contribution in [3.8, 4) is 0 Å². The van der Waals surface area contributed by atoms with Crippen LogP contribution in [0.2, 0.25) is 5.02 Å². The Morgan fingerprint density at radius 2 is 1.60 bits per heavy atom. The smallest absolute Gasteiger partial charge is 0.262 e. The second-order valence-corrected chi connectivity index (χ2v) is 7.15. The highest BCUT2D eigenvalue weighted by Gasteiger charge is 2.33. The number of nitrogens with zero attached hydrogens (tertiary/aromatic N) is 1. The van der Waals surface area contributed by atoms with Crippen LogP contribution in [0, 0.1) is 0 Å². The van der Waals surface area contributed by atoms with E-state index in [-0.39, 0.29) is 12.1 Å². The number of nitrogens with one attached hydrogen (secondary N) is 1. The highest BCUT2D eigenvalue weighted by molar-refractivity contribution is 9.10. The number of carbonyl (C=O) groups excluding carboxylic acids is 1. The third-order valence-corrected chi connectivity index (χ3v) is 5.00. The molecule has 0 bridgehead atoms. The number of hydrogen-bond donors (Lipinski definition) is 1. The molecule has 3 nitrogen and oxygen atoms in total. The number of rotatable bonds is 2. The molecule has 1 heterocycles. The van der Waals surface area contributed by atoms with Crippen LogP contribution in [-0.2, 0) is 0 Å². The maximum absolute atomic E-state index is 13.2. The van der Waals surface area contributed by atoms with Gasteiger partial charge in [-0.15, -0.1) is 0 Å². The Morgan fingerprint density at radius 1 is 0.920 bits per heavy atom. The predicted octanol–water partition coefficient (Wildman–Crippen LogP) is 5.87. The number of carbonyl (C=O) groups is 1. The van der Waals surface area contributed by atoms with Crippen molar-refractivity contribution >= 4 is 44.8 Å². The SMILES string of the molecule is O=C1c2ccccc2NC(c2ccc(Cl)cc2)N1c1ccc(Br)cc1. The van der Waals surface area contributed by atoms with Crippen LogP contribution >= 0.6 is 27.5 Å². The molecule has 1 aliphatic rings. The average molecular weight is 414 g/mol. The van der Waals surface area contributed by atoms with E-state index in [0.717, 1.165) is 21.4 Å². The molecule has 0 aromatic heterocycles. The third-order valence-electron chi connectivity index (χ3n) is 4.22. The highest BCUT2D eigenvalue weighted by atomic mass is 79.9. The van der Waals surface area contributed by atoms with E-state index in [1.807, 2.05) is 72.8 Å². The fourth-order valence-corrected chi connectivity index (χ4v) is 3.39. The molecule has 0 aliphatic carbocycles. The van der Waals surface area contributed by atoms with Gasteiger partial charge in [0.05, 0.1) is 5.56 Å². The van der Waals surface area contributed by atoms with Crippen molar-refractivity contribution in [2.24, 2.45) is 0 Å². The molecule has 1 unspecified atom stereocenters. The van der Waals surface area contributed by atoms with Gasteiger partial charge in [0.1, 0.15) is 6.17 Å². The molecule has 3 aromatic carbocycles. The van der Waals surface area contributed by atoms with Gasteiger partial charge in [-0.25, -0.2) is 0 Å². The zero-order chi connectivity index (χ0) is 17.4. The lowest BCUT2D eigenvalue weighted by atomic mass is 10.0. The van der Waals surface area contributed by atoms with Crippen molar-refractivity contribution < 1.29 is 4.79 Å². The Bertz CT molecular complexity index is 925. The first kappa shape index (κ1) is 16.2. The van der Waals surface area contributed by atoms with Crippen molar-refractivity contribution in [3.05, 3.63) is 93.4 Å². The number of anilines is 2. The molecule has 5 heteroatoms. The minimum atomic E-state index is -0.305. The molecule has 1 N–H and O–H groups in total. The van der Waals surface area contributed by atoms with E-state index in [4.69, 9.17) is 11.6 Å². The molecule has 0 radical (unpaired) electrons. The quantitative estimate of drug-likeness (QED) is 0.569. The number of amides is 1. The van der Waals surface area contributed by atoms with E-state index >= 15 is 0 Å². The van der Waals surface area contributed by atoms with Gasteiger partial charge in [-0.2, -0.15) is 0 Å². The predicted molar refractivity (Wildman–Crippen MR) is 105 cm³/mol. The summed E-state index contributed by atoms with van der Waals surface area (Å²) in [6.45, 7) is 0. The summed E-state index contributed by atoms with van der Waals surface area (Å²) >= 11 is 9.47. The van der Waals surface area contributed by atoms with Crippen LogP contribution in [0.3, 0.4) is 0 Å². The van der Waals surface area contributed by atoms with E-state index < -0.39 is 0 Å². The lowest BCUT2D eigenvalue weighted by Crippen LogP contribution is -2.43. The maximum atomic E-state index is 13.2. The number of benzene rings is 3. The fourth-order valence-electron chi connectivity index (χ4n) is 3.00. The molecule has 25 heavy (non-hydrogen) atoms. The molecule has 1 amide bonds. The topological polar surface area (TPSA) is 32.3 Å². The van der Waals surface area contributed by atoms with Crippen molar-refractivity contribution in [2.75, 3.05) is 10.2 Å². The Labute approximate surface area is 159 Å². The van der Waals surface area contributed by atoms with Gasteiger partial charge in [0.15, 0.2) is 0 Å². The van der Waals surface area contributed by atoms with Gasteiger partial charge < -0.3 is 5.32 Å². The van der Waals surface area contributed by atoms with E-state index in [9.17, 15) is 4.79 Å². The molecule has 0 saturated carbocycles. The number of fused-ring (bicyclic) bond motifs is 1. The number of hydrogen-bond acceptors (Lipinski definition) is 2. The van der Waals surface area contributed by atoms with Gasteiger partial charge >= 0.3 is 0 Å². The second kappa shape index (κ2) is 6.54. The highest BCUT2D eigenvalue weighted by Crippen LogP contribution is 2.37. The summed E-state index contributed by atoms with van der Waals surface area (Å²) < 4.78 is 0.970. The molecular weight excluding hydrogens is 400 g/mol. The lowest BCUT2D eigenvalue weighted by Gasteiger charge is -2.38. The molecule has 0 spiro atoms. The zero-order valence-electron chi connectivity index (χ0n) is 13.1. The van der Waals surface area contributed by atoms with Crippen molar-refractivity contribution in [2.45, 2.75) is 6.17 Å². The summed E-state index contributed by atoms with van der Waals surface area (Å²) in [6.07, 6.45) is -0.305. The van der Waals surface area contributed by atoms with Crippen LogP contribution in [-0.4, -0.2) is 5.91 Å². The molecule has 3 aromatic rings. The fraction of sp³-hybridized carbons (Fsp3) is 0.0500. The largest absolute Gasteiger partial charge is 0.360 e. The summed E-state index contributed by atoms with van der Waals surface area (Å²) in [6, 6.07) is 22.8. The lowest BCUT2D eigenvalue weighted by molar-refractivity contribution is 0.0975. The first-order valence-corrected chi connectivity index (χ1v) is 9.01. The summed E-state index contributed by atoms with van der Waals surface area (Å²) in [5.74, 6) is -0.0309. The van der Waals surface area contributed by atoms with E-state index in [1.165, 1.54) is 0 Å². The Morgan fingerprint density at radius 3 is 2.32 bits per heavy atom. The van der Waals surface area contributed by atoms with Crippen molar-refractivity contribution in [1.29, 1.82) is 0 Å². The zero-order valence-corrected chi connectivity index (χ0v) is 15.5. The van der Waals surface area contributed by atoms with Crippen LogP contribution in [0.1, 0.15) is 22.1 Å². The Balaban J connectivity index is 1.85. The molecular formula is C20H14BrClN2O. The average Bonchev–Trinajstić information content (AvgIpc) is 2.63. The van der Waals surface area contributed by atoms with Gasteiger partial charge in [0.2, 0.25) is 0 Å². The molecule has 124 valence electrons. The minimum Gasteiger partial charge on any atom is -0.360 e. The van der Waals surface area contributed by atoms with Crippen LogP contribution in [0.15, 0.2) is 77.3 Å². The number of para-hydroxylation sites is 1.